The highest BCUT2D eigenvalue weighted by atomic mass is 35.5. The van der Waals surface area contributed by atoms with Crippen LogP contribution in [-0.2, 0) is 6.54 Å². The molecule has 1 aromatic carbocycles. The van der Waals surface area contributed by atoms with Crippen LogP contribution in [0.25, 0.3) is 0 Å². The lowest BCUT2D eigenvalue weighted by Gasteiger charge is -2.05. The molecule has 0 fully saturated rings. The Balaban J connectivity index is 1.94. The van der Waals surface area contributed by atoms with Gasteiger partial charge < -0.3 is 9.84 Å². The van der Waals surface area contributed by atoms with Crippen molar-refractivity contribution < 1.29 is 4.42 Å². The van der Waals surface area contributed by atoms with Crippen molar-refractivity contribution in [3.63, 3.8) is 0 Å². The number of rotatable bonds is 4. The lowest BCUT2D eigenvalue weighted by atomic mass is 10.2. The molecular formula is C12H10Cl2N2O. The smallest absolute Gasteiger partial charge is 0.146 e. The molecule has 0 aliphatic rings. The maximum atomic E-state index is 6.01. The molecule has 0 saturated carbocycles. The van der Waals surface area contributed by atoms with E-state index in [0.29, 0.717) is 22.4 Å². The molecular weight excluding hydrogens is 259 g/mol. The number of nitrogens with one attached hydrogen (secondary N) is 1. The molecule has 3 nitrogen and oxygen atoms in total. The Morgan fingerprint density at radius 2 is 1.94 bits per heavy atom. The van der Waals surface area contributed by atoms with Crippen molar-refractivity contribution in [3.05, 3.63) is 58.0 Å². The van der Waals surface area contributed by atoms with Gasteiger partial charge in [0.1, 0.15) is 5.76 Å². The summed E-state index contributed by atoms with van der Waals surface area (Å²) < 4.78 is 5.09. The summed E-state index contributed by atoms with van der Waals surface area (Å²) in [5.74, 6) is 0.683. The Kier molecular flexibility index (Phi) is 4.07. The van der Waals surface area contributed by atoms with E-state index in [0.717, 1.165) is 5.56 Å². The van der Waals surface area contributed by atoms with E-state index < -0.39 is 0 Å². The van der Waals surface area contributed by atoms with Gasteiger partial charge in [0, 0.05) is 15.6 Å². The van der Waals surface area contributed by atoms with Crippen LogP contribution in [0.3, 0.4) is 0 Å². The van der Waals surface area contributed by atoms with Gasteiger partial charge >= 0.3 is 0 Å². The molecule has 0 amide bonds. The van der Waals surface area contributed by atoms with Gasteiger partial charge in [-0.25, -0.2) is 0 Å². The van der Waals surface area contributed by atoms with Gasteiger partial charge in [-0.2, -0.15) is 5.10 Å². The highest BCUT2D eigenvalue weighted by Gasteiger charge is 2.03. The predicted molar refractivity (Wildman–Crippen MR) is 69.6 cm³/mol. The zero-order valence-electron chi connectivity index (χ0n) is 8.86. The van der Waals surface area contributed by atoms with E-state index >= 15 is 0 Å². The average molecular weight is 269 g/mol. The first-order chi connectivity index (χ1) is 8.27. The Bertz CT molecular complexity index is 489. The van der Waals surface area contributed by atoms with Crippen LogP contribution in [-0.4, -0.2) is 6.21 Å². The Morgan fingerprint density at radius 3 is 2.59 bits per heavy atom. The van der Waals surface area contributed by atoms with Gasteiger partial charge in [0.05, 0.1) is 19.0 Å². The predicted octanol–water partition coefficient (Wildman–Crippen LogP) is 3.71. The van der Waals surface area contributed by atoms with Crippen LogP contribution in [0.4, 0.5) is 0 Å². The molecule has 0 aliphatic heterocycles. The summed E-state index contributed by atoms with van der Waals surface area (Å²) in [6, 6.07) is 9.00. The minimum atomic E-state index is 0.468. The van der Waals surface area contributed by atoms with Crippen LogP contribution >= 0.6 is 23.2 Å². The molecule has 0 saturated heterocycles. The van der Waals surface area contributed by atoms with E-state index in [1.54, 1.807) is 36.7 Å². The molecule has 5 heteroatoms. The molecule has 17 heavy (non-hydrogen) atoms. The number of benzene rings is 1. The SMILES string of the molecule is Clc1cccc(Cl)c1CN/N=C\c1ccco1. The van der Waals surface area contributed by atoms with Gasteiger partial charge in [-0.15, -0.1) is 0 Å². The van der Waals surface area contributed by atoms with E-state index in [4.69, 9.17) is 27.6 Å². The third kappa shape index (κ3) is 3.25. The fourth-order valence-electron chi connectivity index (χ4n) is 1.30. The Labute approximate surface area is 109 Å². The van der Waals surface area contributed by atoms with Crippen LogP contribution in [0.5, 0.6) is 0 Å². The van der Waals surface area contributed by atoms with Crippen LogP contribution in [0.2, 0.25) is 10.0 Å². The molecule has 2 rings (SSSR count). The second-order valence-electron chi connectivity index (χ2n) is 3.31. The number of nitrogens with zero attached hydrogens (tertiary/aromatic N) is 1. The number of hydrogen-bond acceptors (Lipinski definition) is 3. The summed E-state index contributed by atoms with van der Waals surface area (Å²) in [7, 11) is 0. The maximum Gasteiger partial charge on any atom is 0.146 e. The molecule has 1 N–H and O–H groups in total. The Morgan fingerprint density at radius 1 is 1.18 bits per heavy atom. The van der Waals surface area contributed by atoms with Crippen molar-refractivity contribution in [2.75, 3.05) is 0 Å². The molecule has 0 aliphatic carbocycles. The van der Waals surface area contributed by atoms with Crippen LogP contribution < -0.4 is 5.43 Å². The molecule has 1 heterocycles. The van der Waals surface area contributed by atoms with Crippen molar-refractivity contribution in [2.24, 2.45) is 5.10 Å². The van der Waals surface area contributed by atoms with Crippen molar-refractivity contribution in [2.45, 2.75) is 6.54 Å². The molecule has 0 unspecified atom stereocenters. The lowest BCUT2D eigenvalue weighted by Crippen LogP contribution is -2.06. The minimum Gasteiger partial charge on any atom is -0.463 e. The maximum absolute atomic E-state index is 6.01. The van der Waals surface area contributed by atoms with Crippen LogP contribution in [0.15, 0.2) is 46.1 Å². The van der Waals surface area contributed by atoms with Crippen molar-refractivity contribution in [1.82, 2.24) is 5.43 Å². The third-order valence-corrected chi connectivity index (χ3v) is 2.85. The number of hydrogen-bond donors (Lipinski definition) is 1. The highest BCUT2D eigenvalue weighted by Crippen LogP contribution is 2.23. The summed E-state index contributed by atoms with van der Waals surface area (Å²) in [5, 5.41) is 5.25. The summed E-state index contributed by atoms with van der Waals surface area (Å²) in [6.45, 7) is 0.468. The molecule has 2 aromatic rings. The molecule has 88 valence electrons. The molecule has 0 radical (unpaired) electrons. The lowest BCUT2D eigenvalue weighted by molar-refractivity contribution is 0.559. The van der Waals surface area contributed by atoms with Crippen LogP contribution in [0.1, 0.15) is 11.3 Å². The summed E-state index contributed by atoms with van der Waals surface area (Å²) >= 11 is 12.0. The highest BCUT2D eigenvalue weighted by molar-refractivity contribution is 6.35. The number of furan rings is 1. The van der Waals surface area contributed by atoms with E-state index in [2.05, 4.69) is 10.5 Å². The molecule has 0 bridgehead atoms. The van der Waals surface area contributed by atoms with Gasteiger partial charge in [-0.3, -0.25) is 0 Å². The number of halogens is 2. The summed E-state index contributed by atoms with van der Waals surface area (Å²) in [5.41, 5.74) is 3.69. The van der Waals surface area contributed by atoms with Gasteiger partial charge in [0.15, 0.2) is 0 Å². The first kappa shape index (κ1) is 12.0. The quantitative estimate of drug-likeness (QED) is 0.678. The van der Waals surface area contributed by atoms with E-state index in [1.807, 2.05) is 6.07 Å². The average Bonchev–Trinajstić information content (AvgIpc) is 2.80. The topological polar surface area (TPSA) is 37.5 Å². The monoisotopic (exact) mass is 268 g/mol. The number of hydrazone groups is 1. The van der Waals surface area contributed by atoms with Crippen molar-refractivity contribution in [1.29, 1.82) is 0 Å². The molecule has 1 aromatic heterocycles. The van der Waals surface area contributed by atoms with Gasteiger partial charge in [0.2, 0.25) is 0 Å². The van der Waals surface area contributed by atoms with E-state index in [9.17, 15) is 0 Å². The van der Waals surface area contributed by atoms with Crippen LogP contribution in [0, 0.1) is 0 Å². The van der Waals surface area contributed by atoms with Crippen molar-refractivity contribution >= 4 is 29.4 Å². The largest absolute Gasteiger partial charge is 0.463 e. The normalized spacial score (nSPS) is 10.9. The zero-order chi connectivity index (χ0) is 12.1. The van der Waals surface area contributed by atoms with E-state index in [1.165, 1.54) is 0 Å². The first-order valence-corrected chi connectivity index (χ1v) is 5.75. The van der Waals surface area contributed by atoms with Gasteiger partial charge in [-0.05, 0) is 24.3 Å². The van der Waals surface area contributed by atoms with Gasteiger partial charge in [-0.1, -0.05) is 29.3 Å². The van der Waals surface area contributed by atoms with E-state index in [-0.39, 0.29) is 0 Å². The first-order valence-electron chi connectivity index (χ1n) is 4.99. The third-order valence-electron chi connectivity index (χ3n) is 2.14. The fourth-order valence-corrected chi connectivity index (χ4v) is 1.83. The molecule has 0 atom stereocenters. The van der Waals surface area contributed by atoms with Crippen molar-refractivity contribution in [3.8, 4) is 0 Å². The minimum absolute atomic E-state index is 0.468. The zero-order valence-corrected chi connectivity index (χ0v) is 10.4. The summed E-state index contributed by atoms with van der Waals surface area (Å²) in [6.07, 6.45) is 3.18. The second kappa shape index (κ2) is 5.75. The molecule has 0 spiro atoms. The summed E-state index contributed by atoms with van der Waals surface area (Å²) in [4.78, 5) is 0. The second-order valence-corrected chi connectivity index (χ2v) is 4.12. The Hall–Kier alpha value is -1.45. The van der Waals surface area contributed by atoms with Gasteiger partial charge in [0.25, 0.3) is 0 Å². The standard InChI is InChI=1S/C12H10Cl2N2O/c13-11-4-1-5-12(14)10(11)8-16-15-7-9-3-2-6-17-9/h1-7,16H,8H2/b15-7-. The fraction of sp³-hybridized carbons (Fsp3) is 0.0833.